The molecule has 0 amide bonds. The van der Waals surface area contributed by atoms with E-state index in [-0.39, 0.29) is 10.6 Å². The first kappa shape index (κ1) is 13.3. The minimum Gasteiger partial charge on any atom is -0.367 e. The van der Waals surface area contributed by atoms with E-state index in [0.29, 0.717) is 23.3 Å². The molecule has 2 bridgehead atoms. The Hall–Kier alpha value is -1.65. The molecule has 0 aliphatic heterocycles. The predicted molar refractivity (Wildman–Crippen MR) is 77.7 cm³/mol. The molecule has 2 fully saturated rings. The van der Waals surface area contributed by atoms with Crippen LogP contribution in [0.3, 0.4) is 0 Å². The summed E-state index contributed by atoms with van der Waals surface area (Å²) in [6.07, 6.45) is 6.99. The first-order valence-electron chi connectivity index (χ1n) is 7.42. The van der Waals surface area contributed by atoms with Gasteiger partial charge in [-0.05, 0) is 50.9 Å². The number of anilines is 1. The van der Waals surface area contributed by atoms with Crippen LogP contribution in [0.15, 0.2) is 12.3 Å². The Kier molecular flexibility index (Phi) is 3.36. The standard InChI is InChI=1S/C15H21N3O2/c1-9-8-16-15(7-14(9)18(19)20)17-10(2)13-6-11-3-4-12(13)5-11/h7-8,10-13H,3-6H2,1-2H3,(H,16,17). The van der Waals surface area contributed by atoms with Crippen molar-refractivity contribution in [1.82, 2.24) is 4.98 Å². The van der Waals surface area contributed by atoms with Crippen molar-refractivity contribution in [2.45, 2.75) is 45.6 Å². The number of hydrogen-bond acceptors (Lipinski definition) is 4. The van der Waals surface area contributed by atoms with E-state index in [1.54, 1.807) is 19.2 Å². The van der Waals surface area contributed by atoms with Crippen LogP contribution >= 0.6 is 0 Å². The van der Waals surface area contributed by atoms with Gasteiger partial charge in [0.15, 0.2) is 0 Å². The molecule has 5 nitrogen and oxygen atoms in total. The van der Waals surface area contributed by atoms with E-state index in [0.717, 1.165) is 11.8 Å². The third-order valence-electron chi connectivity index (χ3n) is 5.08. The van der Waals surface area contributed by atoms with Crippen LogP contribution in [0, 0.1) is 34.8 Å². The fourth-order valence-electron chi connectivity index (χ4n) is 4.04. The minimum atomic E-state index is -0.343. The highest BCUT2D eigenvalue weighted by atomic mass is 16.6. The van der Waals surface area contributed by atoms with Crippen molar-refractivity contribution in [3.63, 3.8) is 0 Å². The van der Waals surface area contributed by atoms with E-state index in [1.165, 1.54) is 25.7 Å². The summed E-state index contributed by atoms with van der Waals surface area (Å²) in [7, 11) is 0. The second-order valence-electron chi connectivity index (χ2n) is 6.38. The summed E-state index contributed by atoms with van der Waals surface area (Å²) in [6.45, 7) is 3.90. The molecular weight excluding hydrogens is 254 g/mol. The van der Waals surface area contributed by atoms with Gasteiger partial charge in [0.25, 0.3) is 5.69 Å². The number of aryl methyl sites for hydroxylation is 1. The zero-order valence-corrected chi connectivity index (χ0v) is 12.0. The zero-order chi connectivity index (χ0) is 14.3. The van der Waals surface area contributed by atoms with Crippen LogP contribution in [0.4, 0.5) is 11.5 Å². The number of nitrogens with zero attached hydrogens (tertiary/aromatic N) is 2. The molecule has 1 aromatic rings. The van der Waals surface area contributed by atoms with Crippen molar-refractivity contribution in [3.8, 4) is 0 Å². The molecule has 108 valence electrons. The van der Waals surface area contributed by atoms with Crippen LogP contribution in [-0.4, -0.2) is 15.9 Å². The highest BCUT2D eigenvalue weighted by molar-refractivity contribution is 5.49. The molecule has 2 saturated carbocycles. The SMILES string of the molecule is Cc1cnc(NC(C)C2CC3CCC2C3)cc1[N+](=O)[O-]. The summed E-state index contributed by atoms with van der Waals surface area (Å²) >= 11 is 0. The molecule has 1 N–H and O–H groups in total. The fourth-order valence-corrected chi connectivity index (χ4v) is 4.04. The number of rotatable bonds is 4. The molecule has 0 radical (unpaired) electrons. The van der Waals surface area contributed by atoms with Gasteiger partial charge in [-0.3, -0.25) is 10.1 Å². The van der Waals surface area contributed by atoms with Gasteiger partial charge < -0.3 is 5.32 Å². The van der Waals surface area contributed by atoms with Gasteiger partial charge in [0.1, 0.15) is 5.82 Å². The van der Waals surface area contributed by atoms with Gasteiger partial charge in [-0.25, -0.2) is 4.98 Å². The average Bonchev–Trinajstić information content (AvgIpc) is 3.03. The largest absolute Gasteiger partial charge is 0.367 e. The lowest BCUT2D eigenvalue weighted by atomic mass is 9.84. The molecule has 1 heterocycles. The number of pyridine rings is 1. The summed E-state index contributed by atoms with van der Waals surface area (Å²) in [5, 5.41) is 14.3. The Labute approximate surface area is 118 Å². The summed E-state index contributed by atoms with van der Waals surface area (Å²) in [6, 6.07) is 1.89. The molecule has 3 rings (SSSR count). The molecule has 0 saturated heterocycles. The van der Waals surface area contributed by atoms with E-state index in [2.05, 4.69) is 17.2 Å². The number of aromatic nitrogens is 1. The van der Waals surface area contributed by atoms with Crippen molar-refractivity contribution in [2.24, 2.45) is 17.8 Å². The van der Waals surface area contributed by atoms with Crippen molar-refractivity contribution in [1.29, 1.82) is 0 Å². The van der Waals surface area contributed by atoms with Crippen molar-refractivity contribution in [3.05, 3.63) is 27.9 Å². The molecule has 4 unspecified atom stereocenters. The Balaban J connectivity index is 1.71. The normalized spacial score (nSPS) is 29.4. The van der Waals surface area contributed by atoms with Crippen LogP contribution in [0.5, 0.6) is 0 Å². The highest BCUT2D eigenvalue weighted by Crippen LogP contribution is 2.49. The zero-order valence-electron chi connectivity index (χ0n) is 12.0. The van der Waals surface area contributed by atoms with Gasteiger partial charge in [-0.1, -0.05) is 6.42 Å². The van der Waals surface area contributed by atoms with Crippen LogP contribution in [0.1, 0.15) is 38.2 Å². The predicted octanol–water partition coefficient (Wildman–Crippen LogP) is 3.53. The van der Waals surface area contributed by atoms with E-state index in [4.69, 9.17) is 0 Å². The van der Waals surface area contributed by atoms with E-state index >= 15 is 0 Å². The van der Waals surface area contributed by atoms with Crippen molar-refractivity contribution >= 4 is 11.5 Å². The van der Waals surface area contributed by atoms with E-state index in [9.17, 15) is 10.1 Å². The van der Waals surface area contributed by atoms with Gasteiger partial charge in [-0.2, -0.15) is 0 Å². The Bertz CT molecular complexity index is 532. The number of fused-ring (bicyclic) bond motifs is 2. The van der Waals surface area contributed by atoms with Crippen LogP contribution < -0.4 is 5.32 Å². The van der Waals surface area contributed by atoms with E-state index < -0.39 is 0 Å². The fraction of sp³-hybridized carbons (Fsp3) is 0.667. The molecule has 0 aromatic carbocycles. The third-order valence-corrected chi connectivity index (χ3v) is 5.08. The second kappa shape index (κ2) is 5.04. The van der Waals surface area contributed by atoms with Crippen molar-refractivity contribution < 1.29 is 4.92 Å². The highest BCUT2D eigenvalue weighted by Gasteiger charge is 2.41. The number of nitrogens with one attached hydrogen (secondary N) is 1. The summed E-state index contributed by atoms with van der Waals surface area (Å²) in [4.78, 5) is 14.9. The molecule has 5 heteroatoms. The van der Waals surface area contributed by atoms with Crippen LogP contribution in [-0.2, 0) is 0 Å². The molecule has 0 spiro atoms. The average molecular weight is 275 g/mol. The summed E-state index contributed by atoms with van der Waals surface area (Å²) in [5.41, 5.74) is 0.746. The van der Waals surface area contributed by atoms with Crippen LogP contribution in [0.25, 0.3) is 0 Å². The monoisotopic (exact) mass is 275 g/mol. The van der Waals surface area contributed by atoms with Crippen LogP contribution in [0.2, 0.25) is 0 Å². The Morgan fingerprint density at radius 2 is 2.25 bits per heavy atom. The lowest BCUT2D eigenvalue weighted by Crippen LogP contribution is -2.30. The lowest BCUT2D eigenvalue weighted by Gasteiger charge is -2.28. The maximum Gasteiger partial charge on any atom is 0.277 e. The van der Waals surface area contributed by atoms with Gasteiger partial charge in [0.05, 0.1) is 11.0 Å². The maximum absolute atomic E-state index is 11.0. The van der Waals surface area contributed by atoms with Crippen molar-refractivity contribution in [2.75, 3.05) is 5.32 Å². The lowest BCUT2D eigenvalue weighted by molar-refractivity contribution is -0.385. The molecule has 2 aliphatic rings. The summed E-state index contributed by atoms with van der Waals surface area (Å²) in [5.74, 6) is 3.06. The first-order valence-corrected chi connectivity index (χ1v) is 7.42. The molecule has 2 aliphatic carbocycles. The Morgan fingerprint density at radius 3 is 2.85 bits per heavy atom. The van der Waals surface area contributed by atoms with E-state index in [1.807, 2.05) is 0 Å². The third kappa shape index (κ3) is 2.37. The summed E-state index contributed by atoms with van der Waals surface area (Å²) < 4.78 is 0. The van der Waals surface area contributed by atoms with Gasteiger partial charge in [0, 0.05) is 17.8 Å². The first-order chi connectivity index (χ1) is 9.54. The maximum atomic E-state index is 11.0. The molecule has 20 heavy (non-hydrogen) atoms. The number of hydrogen-bond donors (Lipinski definition) is 1. The second-order valence-corrected chi connectivity index (χ2v) is 6.38. The molecular formula is C15H21N3O2. The molecule has 1 aromatic heterocycles. The Morgan fingerprint density at radius 1 is 1.45 bits per heavy atom. The smallest absolute Gasteiger partial charge is 0.277 e. The minimum absolute atomic E-state index is 0.141. The number of nitro groups is 1. The van der Waals surface area contributed by atoms with Gasteiger partial charge >= 0.3 is 0 Å². The molecule has 4 atom stereocenters. The van der Waals surface area contributed by atoms with Gasteiger partial charge in [0.2, 0.25) is 0 Å². The van der Waals surface area contributed by atoms with Gasteiger partial charge in [-0.15, -0.1) is 0 Å². The topological polar surface area (TPSA) is 68.1 Å². The quantitative estimate of drug-likeness (QED) is 0.674.